The average molecular weight is 380 g/mol. The molecule has 2 aromatic rings. The van der Waals surface area contributed by atoms with Crippen molar-refractivity contribution in [3.05, 3.63) is 66.0 Å². The number of amides is 1. The minimum absolute atomic E-state index is 0.0349. The number of nitrogens with zero attached hydrogens (tertiary/aromatic N) is 2. The molecule has 0 bridgehead atoms. The van der Waals surface area contributed by atoms with E-state index in [1.807, 2.05) is 48.5 Å². The minimum atomic E-state index is -0.0349. The van der Waals surface area contributed by atoms with Gasteiger partial charge in [0.05, 0.1) is 5.69 Å². The predicted octanol–water partition coefficient (Wildman–Crippen LogP) is 5.87. The van der Waals surface area contributed by atoms with E-state index < -0.39 is 0 Å². The fourth-order valence-electron chi connectivity index (χ4n) is 3.14. The van der Waals surface area contributed by atoms with Gasteiger partial charge in [0.25, 0.3) is 0 Å². The summed E-state index contributed by atoms with van der Waals surface area (Å²) in [5.74, 6) is -0.0349. The topological polar surface area (TPSA) is 54.4 Å². The molecule has 2 rings (SSSR count). The SMILES string of the molecule is CCCCCCCCCCCC(=O)N/N=C(/c1ccccc1)c1ccccn1. The first kappa shape index (κ1) is 21.8. The van der Waals surface area contributed by atoms with Crippen molar-refractivity contribution in [1.82, 2.24) is 10.4 Å². The highest BCUT2D eigenvalue weighted by Crippen LogP contribution is 2.11. The maximum absolute atomic E-state index is 12.2. The summed E-state index contributed by atoms with van der Waals surface area (Å²) in [7, 11) is 0. The molecular formula is C24H33N3O. The summed E-state index contributed by atoms with van der Waals surface area (Å²) in [6, 6.07) is 15.5. The number of benzene rings is 1. The zero-order valence-electron chi connectivity index (χ0n) is 17.1. The Hall–Kier alpha value is -2.49. The quantitative estimate of drug-likeness (QED) is 0.269. The third-order valence-corrected chi connectivity index (χ3v) is 4.75. The molecule has 28 heavy (non-hydrogen) atoms. The van der Waals surface area contributed by atoms with Gasteiger partial charge in [-0.3, -0.25) is 9.78 Å². The summed E-state index contributed by atoms with van der Waals surface area (Å²) in [5.41, 5.74) is 5.08. The molecule has 1 aromatic carbocycles. The van der Waals surface area contributed by atoms with E-state index in [2.05, 4.69) is 22.4 Å². The van der Waals surface area contributed by atoms with E-state index in [1.165, 1.54) is 44.9 Å². The molecule has 1 heterocycles. The number of nitrogens with one attached hydrogen (secondary N) is 1. The van der Waals surface area contributed by atoms with Crippen LogP contribution in [0, 0.1) is 0 Å². The van der Waals surface area contributed by atoms with E-state index >= 15 is 0 Å². The molecule has 4 nitrogen and oxygen atoms in total. The summed E-state index contributed by atoms with van der Waals surface area (Å²) in [6.07, 6.45) is 13.4. The fraction of sp³-hybridized carbons (Fsp3) is 0.458. The Morgan fingerprint density at radius 2 is 1.50 bits per heavy atom. The van der Waals surface area contributed by atoms with Gasteiger partial charge in [-0.15, -0.1) is 0 Å². The van der Waals surface area contributed by atoms with E-state index in [-0.39, 0.29) is 5.91 Å². The summed E-state index contributed by atoms with van der Waals surface area (Å²) in [6.45, 7) is 2.24. The van der Waals surface area contributed by atoms with Crippen LogP contribution in [0.25, 0.3) is 0 Å². The second kappa shape index (κ2) is 13.6. The van der Waals surface area contributed by atoms with Crippen LogP contribution in [0.15, 0.2) is 59.8 Å². The lowest BCUT2D eigenvalue weighted by Crippen LogP contribution is -2.20. The van der Waals surface area contributed by atoms with Gasteiger partial charge in [-0.2, -0.15) is 5.10 Å². The number of hydrazone groups is 1. The second-order valence-corrected chi connectivity index (χ2v) is 7.15. The highest BCUT2D eigenvalue weighted by atomic mass is 16.2. The molecule has 0 aliphatic carbocycles. The van der Waals surface area contributed by atoms with Gasteiger partial charge in [-0.05, 0) is 18.6 Å². The maximum Gasteiger partial charge on any atom is 0.240 e. The number of hydrogen-bond acceptors (Lipinski definition) is 3. The third kappa shape index (κ3) is 8.47. The van der Waals surface area contributed by atoms with Gasteiger partial charge >= 0.3 is 0 Å². The van der Waals surface area contributed by atoms with Crippen LogP contribution in [0.1, 0.15) is 82.4 Å². The van der Waals surface area contributed by atoms with Gasteiger partial charge in [0.1, 0.15) is 5.71 Å². The number of pyridine rings is 1. The fourth-order valence-corrected chi connectivity index (χ4v) is 3.14. The van der Waals surface area contributed by atoms with Crippen molar-refractivity contribution in [2.75, 3.05) is 0 Å². The second-order valence-electron chi connectivity index (χ2n) is 7.15. The summed E-state index contributed by atoms with van der Waals surface area (Å²) >= 11 is 0. The van der Waals surface area contributed by atoms with Crippen molar-refractivity contribution in [1.29, 1.82) is 0 Å². The molecule has 4 heteroatoms. The molecular weight excluding hydrogens is 346 g/mol. The molecule has 0 atom stereocenters. The summed E-state index contributed by atoms with van der Waals surface area (Å²) in [5, 5.41) is 4.38. The van der Waals surface area contributed by atoms with Crippen LogP contribution in [0.4, 0.5) is 0 Å². The van der Waals surface area contributed by atoms with Gasteiger partial charge in [-0.1, -0.05) is 94.7 Å². The summed E-state index contributed by atoms with van der Waals surface area (Å²) < 4.78 is 0. The van der Waals surface area contributed by atoms with E-state index in [4.69, 9.17) is 0 Å². The largest absolute Gasteiger partial charge is 0.273 e. The molecule has 0 aliphatic heterocycles. The normalized spacial score (nSPS) is 11.4. The lowest BCUT2D eigenvalue weighted by Gasteiger charge is -2.07. The Labute approximate surface area is 169 Å². The molecule has 0 spiro atoms. The highest BCUT2D eigenvalue weighted by Gasteiger charge is 2.09. The van der Waals surface area contributed by atoms with E-state index in [9.17, 15) is 4.79 Å². The molecule has 150 valence electrons. The van der Waals surface area contributed by atoms with Crippen LogP contribution in [-0.4, -0.2) is 16.6 Å². The predicted molar refractivity (Wildman–Crippen MR) is 116 cm³/mol. The number of aromatic nitrogens is 1. The molecule has 0 saturated heterocycles. The smallest absolute Gasteiger partial charge is 0.240 e. The maximum atomic E-state index is 12.2. The van der Waals surface area contributed by atoms with Crippen LogP contribution in [-0.2, 0) is 4.79 Å². The molecule has 1 aromatic heterocycles. The van der Waals surface area contributed by atoms with Crippen LogP contribution >= 0.6 is 0 Å². The van der Waals surface area contributed by atoms with Crippen molar-refractivity contribution in [3.8, 4) is 0 Å². The monoisotopic (exact) mass is 379 g/mol. The van der Waals surface area contributed by atoms with Gasteiger partial charge in [0.2, 0.25) is 5.91 Å². The van der Waals surface area contributed by atoms with Crippen LogP contribution in [0.3, 0.4) is 0 Å². The highest BCUT2D eigenvalue weighted by molar-refractivity contribution is 6.11. The third-order valence-electron chi connectivity index (χ3n) is 4.75. The lowest BCUT2D eigenvalue weighted by molar-refractivity contribution is -0.121. The minimum Gasteiger partial charge on any atom is -0.273 e. The Bertz CT molecular complexity index is 657. The number of rotatable bonds is 13. The molecule has 0 saturated carbocycles. The number of hydrogen-bond donors (Lipinski definition) is 1. The first-order valence-corrected chi connectivity index (χ1v) is 10.6. The van der Waals surface area contributed by atoms with E-state index in [0.29, 0.717) is 12.1 Å². The van der Waals surface area contributed by atoms with Crippen LogP contribution in [0.2, 0.25) is 0 Å². The van der Waals surface area contributed by atoms with E-state index in [1.54, 1.807) is 6.20 Å². The first-order valence-electron chi connectivity index (χ1n) is 10.6. The Kier molecular flexibility index (Phi) is 10.6. The number of unbranched alkanes of at least 4 members (excludes halogenated alkanes) is 8. The van der Waals surface area contributed by atoms with Crippen molar-refractivity contribution in [2.24, 2.45) is 5.10 Å². The molecule has 1 amide bonds. The molecule has 1 N–H and O–H groups in total. The molecule has 0 unspecified atom stereocenters. The van der Waals surface area contributed by atoms with Gasteiger partial charge in [-0.25, -0.2) is 5.43 Å². The van der Waals surface area contributed by atoms with Gasteiger partial charge in [0.15, 0.2) is 0 Å². The number of carbonyl (C=O) groups excluding carboxylic acids is 1. The van der Waals surface area contributed by atoms with Crippen molar-refractivity contribution < 1.29 is 4.79 Å². The van der Waals surface area contributed by atoms with Gasteiger partial charge in [0, 0.05) is 18.2 Å². The summed E-state index contributed by atoms with van der Waals surface area (Å²) in [4.78, 5) is 16.6. The standard InChI is InChI=1S/C24H33N3O/c1-2-3-4-5-6-7-8-9-13-19-23(28)26-27-24(21-16-11-10-12-17-21)22-18-14-15-20-25-22/h10-12,14-18,20H,2-9,13,19H2,1H3,(H,26,28)/b27-24-. The van der Waals surface area contributed by atoms with Crippen LogP contribution < -0.4 is 5.43 Å². The Morgan fingerprint density at radius 1 is 0.857 bits per heavy atom. The Morgan fingerprint density at radius 3 is 2.14 bits per heavy atom. The Balaban J connectivity index is 1.75. The van der Waals surface area contributed by atoms with Crippen LogP contribution in [0.5, 0.6) is 0 Å². The molecule has 0 radical (unpaired) electrons. The number of carbonyl (C=O) groups is 1. The van der Waals surface area contributed by atoms with Crippen molar-refractivity contribution >= 4 is 11.6 Å². The molecule has 0 fully saturated rings. The van der Waals surface area contributed by atoms with Crippen molar-refractivity contribution in [2.45, 2.75) is 71.1 Å². The molecule has 0 aliphatic rings. The zero-order chi connectivity index (χ0) is 19.9. The lowest BCUT2D eigenvalue weighted by atomic mass is 10.1. The zero-order valence-corrected chi connectivity index (χ0v) is 17.1. The van der Waals surface area contributed by atoms with Crippen molar-refractivity contribution in [3.63, 3.8) is 0 Å². The van der Waals surface area contributed by atoms with E-state index in [0.717, 1.165) is 24.1 Å². The first-order chi connectivity index (χ1) is 13.8. The average Bonchev–Trinajstić information content (AvgIpc) is 2.74. The van der Waals surface area contributed by atoms with Gasteiger partial charge < -0.3 is 0 Å².